The Balaban J connectivity index is 1.55. The van der Waals surface area contributed by atoms with Crippen LogP contribution >= 0.6 is 0 Å². The molecule has 0 bridgehead atoms. The minimum atomic E-state index is -0.749. The first-order valence-corrected chi connectivity index (χ1v) is 9.53. The fourth-order valence-corrected chi connectivity index (χ4v) is 3.04. The molecule has 0 heterocycles. The number of para-hydroxylation sites is 1. The predicted molar refractivity (Wildman–Crippen MR) is 113 cm³/mol. The van der Waals surface area contributed by atoms with Crippen LogP contribution in [0.2, 0.25) is 0 Å². The molecule has 3 aromatic carbocycles. The Hall–Kier alpha value is -3.60. The topological polar surface area (TPSA) is 81.4 Å². The fourth-order valence-electron chi connectivity index (χ4n) is 3.04. The molecule has 0 fully saturated rings. The van der Waals surface area contributed by atoms with Crippen molar-refractivity contribution in [2.45, 2.75) is 18.9 Å². The van der Waals surface area contributed by atoms with E-state index in [1.54, 1.807) is 0 Å². The molecule has 148 valence electrons. The third kappa shape index (κ3) is 5.94. The average Bonchev–Trinajstić information content (AvgIpc) is 2.75. The van der Waals surface area contributed by atoms with Gasteiger partial charge in [0.2, 0.25) is 11.8 Å². The summed E-state index contributed by atoms with van der Waals surface area (Å²) in [4.78, 5) is 24.0. The number of amides is 2. The molecule has 3 aromatic rings. The SMILES string of the molecule is NC(=O)C(Cc1ccccc1)NC(=O)CCOc1ccccc1-c1ccccc1. The lowest BCUT2D eigenvalue weighted by atomic mass is 10.0. The van der Waals surface area contributed by atoms with E-state index in [9.17, 15) is 9.59 Å². The van der Waals surface area contributed by atoms with Crippen LogP contribution in [0.3, 0.4) is 0 Å². The zero-order chi connectivity index (χ0) is 20.5. The third-order valence-corrected chi connectivity index (χ3v) is 4.52. The molecule has 2 amide bonds. The monoisotopic (exact) mass is 388 g/mol. The number of carbonyl (C=O) groups is 2. The maximum atomic E-state index is 12.3. The van der Waals surface area contributed by atoms with Crippen molar-refractivity contribution in [3.63, 3.8) is 0 Å². The molecule has 0 aliphatic rings. The minimum absolute atomic E-state index is 0.127. The number of primary amides is 1. The summed E-state index contributed by atoms with van der Waals surface area (Å²) in [5.41, 5.74) is 8.40. The van der Waals surface area contributed by atoms with Crippen molar-refractivity contribution >= 4 is 11.8 Å². The number of ether oxygens (including phenoxy) is 1. The van der Waals surface area contributed by atoms with Crippen LogP contribution in [-0.2, 0) is 16.0 Å². The van der Waals surface area contributed by atoms with Crippen molar-refractivity contribution in [1.82, 2.24) is 5.32 Å². The van der Waals surface area contributed by atoms with E-state index in [2.05, 4.69) is 5.32 Å². The second-order valence-electron chi connectivity index (χ2n) is 6.67. The molecule has 0 saturated carbocycles. The van der Waals surface area contributed by atoms with Gasteiger partial charge in [-0.15, -0.1) is 0 Å². The smallest absolute Gasteiger partial charge is 0.240 e. The van der Waals surface area contributed by atoms with Gasteiger partial charge in [0, 0.05) is 12.0 Å². The summed E-state index contributed by atoms with van der Waals surface area (Å²) in [7, 11) is 0. The van der Waals surface area contributed by atoms with Crippen molar-refractivity contribution in [3.8, 4) is 16.9 Å². The van der Waals surface area contributed by atoms with Crippen molar-refractivity contribution in [2.24, 2.45) is 5.73 Å². The van der Waals surface area contributed by atoms with Gasteiger partial charge in [0.25, 0.3) is 0 Å². The summed E-state index contributed by atoms with van der Waals surface area (Å²) < 4.78 is 5.85. The normalized spacial score (nSPS) is 11.4. The molecule has 0 aliphatic carbocycles. The summed E-state index contributed by atoms with van der Waals surface area (Å²) in [5.74, 6) is -0.123. The van der Waals surface area contributed by atoms with Crippen molar-refractivity contribution < 1.29 is 14.3 Å². The van der Waals surface area contributed by atoms with Crippen LogP contribution in [0.25, 0.3) is 11.1 Å². The summed E-state index contributed by atoms with van der Waals surface area (Å²) in [6.07, 6.45) is 0.487. The maximum absolute atomic E-state index is 12.3. The van der Waals surface area contributed by atoms with E-state index in [0.717, 1.165) is 16.7 Å². The summed E-state index contributed by atoms with van der Waals surface area (Å²) >= 11 is 0. The van der Waals surface area contributed by atoms with Crippen molar-refractivity contribution in [3.05, 3.63) is 90.5 Å². The molecule has 29 heavy (non-hydrogen) atoms. The summed E-state index contributed by atoms with van der Waals surface area (Å²) in [5, 5.41) is 2.70. The van der Waals surface area contributed by atoms with Gasteiger partial charge in [0.15, 0.2) is 0 Å². The van der Waals surface area contributed by atoms with Crippen LogP contribution in [0.4, 0.5) is 0 Å². The molecule has 3 N–H and O–H groups in total. The van der Waals surface area contributed by atoms with Crippen LogP contribution in [0.1, 0.15) is 12.0 Å². The molecule has 0 radical (unpaired) electrons. The van der Waals surface area contributed by atoms with E-state index >= 15 is 0 Å². The van der Waals surface area contributed by atoms with Gasteiger partial charge in [-0.2, -0.15) is 0 Å². The highest BCUT2D eigenvalue weighted by atomic mass is 16.5. The van der Waals surface area contributed by atoms with Crippen molar-refractivity contribution in [2.75, 3.05) is 6.61 Å². The molecule has 0 aromatic heterocycles. The lowest BCUT2D eigenvalue weighted by molar-refractivity contribution is -0.127. The van der Waals surface area contributed by atoms with Gasteiger partial charge in [0.1, 0.15) is 11.8 Å². The zero-order valence-corrected chi connectivity index (χ0v) is 16.1. The van der Waals surface area contributed by atoms with Gasteiger partial charge in [0.05, 0.1) is 13.0 Å². The Bertz CT molecular complexity index is 943. The van der Waals surface area contributed by atoms with Gasteiger partial charge < -0.3 is 15.8 Å². The van der Waals surface area contributed by atoms with E-state index in [-0.39, 0.29) is 18.9 Å². The zero-order valence-electron chi connectivity index (χ0n) is 16.1. The average molecular weight is 388 g/mol. The molecular formula is C24H24N2O3. The van der Waals surface area contributed by atoms with Crippen LogP contribution in [0.5, 0.6) is 5.75 Å². The van der Waals surface area contributed by atoms with Gasteiger partial charge in [-0.1, -0.05) is 78.9 Å². The van der Waals surface area contributed by atoms with Gasteiger partial charge in [-0.05, 0) is 17.2 Å². The standard InChI is InChI=1S/C24H24N2O3/c25-24(28)21(17-18-9-3-1-4-10-18)26-23(27)15-16-29-22-14-8-7-13-20(22)19-11-5-2-6-12-19/h1-14,21H,15-17H2,(H2,25,28)(H,26,27). The first kappa shape index (κ1) is 20.1. The number of hydrogen-bond donors (Lipinski definition) is 2. The van der Waals surface area contributed by atoms with Gasteiger partial charge in [-0.25, -0.2) is 0 Å². The second-order valence-corrected chi connectivity index (χ2v) is 6.67. The van der Waals surface area contributed by atoms with E-state index in [4.69, 9.17) is 10.5 Å². The molecule has 0 saturated heterocycles. The Labute approximate surface area is 170 Å². The number of nitrogens with two attached hydrogens (primary N) is 1. The van der Waals surface area contributed by atoms with Crippen LogP contribution in [0.15, 0.2) is 84.9 Å². The molecule has 1 unspecified atom stereocenters. The highest BCUT2D eigenvalue weighted by Crippen LogP contribution is 2.29. The van der Waals surface area contributed by atoms with Crippen molar-refractivity contribution in [1.29, 1.82) is 0 Å². The van der Waals surface area contributed by atoms with E-state index < -0.39 is 11.9 Å². The maximum Gasteiger partial charge on any atom is 0.240 e. The molecule has 0 aliphatic heterocycles. The Morgan fingerprint density at radius 2 is 1.48 bits per heavy atom. The van der Waals surface area contributed by atoms with E-state index in [1.807, 2.05) is 84.9 Å². The molecule has 5 nitrogen and oxygen atoms in total. The molecule has 5 heteroatoms. The molecular weight excluding hydrogens is 364 g/mol. The van der Waals surface area contributed by atoms with Crippen LogP contribution in [0, 0.1) is 0 Å². The van der Waals surface area contributed by atoms with Crippen LogP contribution < -0.4 is 15.8 Å². The third-order valence-electron chi connectivity index (χ3n) is 4.52. The first-order valence-electron chi connectivity index (χ1n) is 9.53. The largest absolute Gasteiger partial charge is 0.492 e. The first-order chi connectivity index (χ1) is 14.1. The van der Waals surface area contributed by atoms with Gasteiger partial charge >= 0.3 is 0 Å². The lowest BCUT2D eigenvalue weighted by Gasteiger charge is -2.16. The molecule has 1 atom stereocenters. The number of benzene rings is 3. The predicted octanol–water partition coefficient (Wildman–Crippen LogP) is 3.34. The number of nitrogens with one attached hydrogen (secondary N) is 1. The Morgan fingerprint density at radius 1 is 0.862 bits per heavy atom. The highest BCUT2D eigenvalue weighted by Gasteiger charge is 2.18. The number of hydrogen-bond acceptors (Lipinski definition) is 3. The fraction of sp³-hybridized carbons (Fsp3) is 0.167. The minimum Gasteiger partial charge on any atom is -0.492 e. The number of rotatable bonds is 9. The lowest BCUT2D eigenvalue weighted by Crippen LogP contribution is -2.46. The van der Waals surface area contributed by atoms with E-state index in [0.29, 0.717) is 12.2 Å². The quantitative estimate of drug-likeness (QED) is 0.590. The summed E-state index contributed by atoms with van der Waals surface area (Å²) in [6, 6.07) is 26.3. The van der Waals surface area contributed by atoms with Gasteiger partial charge in [-0.3, -0.25) is 9.59 Å². The van der Waals surface area contributed by atoms with Crippen LogP contribution in [-0.4, -0.2) is 24.5 Å². The Kier molecular flexibility index (Phi) is 7.00. The Morgan fingerprint density at radius 3 is 2.17 bits per heavy atom. The molecule has 3 rings (SSSR count). The molecule has 0 spiro atoms. The highest BCUT2D eigenvalue weighted by molar-refractivity contribution is 5.86. The second kappa shape index (κ2) is 10.1. The number of carbonyl (C=O) groups excluding carboxylic acids is 2. The van der Waals surface area contributed by atoms with E-state index in [1.165, 1.54) is 0 Å². The summed E-state index contributed by atoms with van der Waals surface area (Å²) in [6.45, 7) is 0.201.